The van der Waals surface area contributed by atoms with Crippen LogP contribution in [0.15, 0.2) is 72.8 Å². The molecule has 0 aromatic heterocycles. The fraction of sp³-hybridized carbons (Fsp3) is 0.192. The maximum atomic E-state index is 12.4. The molecule has 0 saturated heterocycles. The molecule has 8 nitrogen and oxygen atoms in total. The zero-order chi connectivity index (χ0) is 24.1. The lowest BCUT2D eigenvalue weighted by Gasteiger charge is -2.15. The Morgan fingerprint density at radius 2 is 1.50 bits per heavy atom. The number of aliphatic carboxylic acids is 1. The van der Waals surface area contributed by atoms with Crippen LogP contribution in [0.1, 0.15) is 27.4 Å². The van der Waals surface area contributed by atoms with Crippen molar-refractivity contribution >= 4 is 23.7 Å². The second kappa shape index (κ2) is 10.2. The number of anilines is 1. The molecule has 1 aliphatic carbocycles. The molecule has 0 aliphatic heterocycles. The van der Waals surface area contributed by atoms with Gasteiger partial charge in [-0.15, -0.1) is 0 Å². The molecular formula is C26H24N2O6. The second-order valence-corrected chi connectivity index (χ2v) is 7.85. The number of hydrogen-bond acceptors (Lipinski definition) is 5. The van der Waals surface area contributed by atoms with Crippen molar-refractivity contribution in [3.63, 3.8) is 0 Å². The minimum atomic E-state index is -1.19. The lowest BCUT2D eigenvalue weighted by Crippen LogP contribution is -2.43. The van der Waals surface area contributed by atoms with Crippen molar-refractivity contribution in [2.24, 2.45) is 0 Å². The summed E-state index contributed by atoms with van der Waals surface area (Å²) >= 11 is 0. The summed E-state index contributed by atoms with van der Waals surface area (Å²) in [6.45, 7) is 0.0406. The van der Waals surface area contributed by atoms with Crippen molar-refractivity contribution in [3.05, 3.63) is 89.5 Å². The number of rotatable bonds is 8. The highest BCUT2D eigenvalue weighted by atomic mass is 16.5. The van der Waals surface area contributed by atoms with Crippen LogP contribution in [0.2, 0.25) is 0 Å². The van der Waals surface area contributed by atoms with Gasteiger partial charge in [0.05, 0.1) is 6.61 Å². The highest BCUT2D eigenvalue weighted by Gasteiger charge is 2.29. The standard InChI is InChI=1S/C26H24N2O6/c1-33-15-23(25(30)31)28-24(29)16-10-12-17(13-11-16)27-26(32)34-14-22-20-8-4-2-6-18(20)19-7-3-5-9-21(19)22/h2-13,22-23H,14-15H2,1H3,(H,27,32)(H,28,29)(H,30,31). The van der Waals surface area contributed by atoms with Crippen molar-refractivity contribution in [3.8, 4) is 11.1 Å². The van der Waals surface area contributed by atoms with E-state index >= 15 is 0 Å². The number of methoxy groups -OCH3 is 1. The number of carboxylic acid groups (broad SMARTS) is 1. The van der Waals surface area contributed by atoms with Crippen molar-refractivity contribution < 1.29 is 29.0 Å². The minimum absolute atomic E-state index is 0.0431. The van der Waals surface area contributed by atoms with E-state index in [2.05, 4.69) is 22.8 Å². The van der Waals surface area contributed by atoms with E-state index in [0.29, 0.717) is 5.69 Å². The third-order valence-corrected chi connectivity index (χ3v) is 5.67. The summed E-state index contributed by atoms with van der Waals surface area (Å²) in [5, 5.41) is 14.2. The molecule has 0 radical (unpaired) electrons. The molecule has 3 aromatic rings. The second-order valence-electron chi connectivity index (χ2n) is 7.85. The molecule has 1 unspecified atom stereocenters. The molecule has 0 bridgehead atoms. The van der Waals surface area contributed by atoms with Crippen molar-refractivity contribution in [2.45, 2.75) is 12.0 Å². The summed E-state index contributed by atoms with van der Waals surface area (Å²) < 4.78 is 10.3. The minimum Gasteiger partial charge on any atom is -0.480 e. The summed E-state index contributed by atoms with van der Waals surface area (Å²) in [5.41, 5.74) is 5.24. The monoisotopic (exact) mass is 460 g/mol. The Morgan fingerprint density at radius 3 is 2.06 bits per heavy atom. The van der Waals surface area contributed by atoms with Gasteiger partial charge in [-0.3, -0.25) is 10.1 Å². The number of carboxylic acids is 1. The summed E-state index contributed by atoms with van der Waals surface area (Å²) in [5.74, 6) is -1.79. The van der Waals surface area contributed by atoms with Crippen LogP contribution in [0.4, 0.5) is 10.5 Å². The molecule has 174 valence electrons. The molecular weight excluding hydrogens is 436 g/mol. The quantitative estimate of drug-likeness (QED) is 0.470. The number of hydrogen-bond donors (Lipinski definition) is 3. The zero-order valence-corrected chi connectivity index (χ0v) is 18.5. The van der Waals surface area contributed by atoms with Crippen LogP contribution in [0.5, 0.6) is 0 Å². The smallest absolute Gasteiger partial charge is 0.411 e. The average molecular weight is 460 g/mol. The summed E-state index contributed by atoms with van der Waals surface area (Å²) in [6.07, 6.45) is -0.606. The van der Waals surface area contributed by atoms with Crippen molar-refractivity contribution in [1.82, 2.24) is 5.32 Å². The fourth-order valence-electron chi connectivity index (χ4n) is 4.04. The van der Waals surface area contributed by atoms with Gasteiger partial charge >= 0.3 is 12.1 Å². The first-order valence-corrected chi connectivity index (χ1v) is 10.7. The normalized spacial score (nSPS) is 12.9. The van der Waals surface area contributed by atoms with Gasteiger partial charge in [0.1, 0.15) is 6.61 Å². The molecule has 0 saturated carbocycles. The van der Waals surface area contributed by atoms with Crippen LogP contribution in [-0.2, 0) is 14.3 Å². The summed E-state index contributed by atoms with van der Waals surface area (Å²) in [6, 6.07) is 21.1. The molecule has 4 rings (SSSR count). The Kier molecular flexibility index (Phi) is 6.89. The maximum absolute atomic E-state index is 12.4. The maximum Gasteiger partial charge on any atom is 0.411 e. The van der Waals surface area contributed by atoms with Gasteiger partial charge in [-0.05, 0) is 46.5 Å². The van der Waals surface area contributed by atoms with E-state index in [4.69, 9.17) is 14.6 Å². The van der Waals surface area contributed by atoms with Crippen molar-refractivity contribution in [1.29, 1.82) is 0 Å². The van der Waals surface area contributed by atoms with E-state index in [1.807, 2.05) is 36.4 Å². The molecule has 2 amide bonds. The average Bonchev–Trinajstić information content (AvgIpc) is 3.16. The van der Waals surface area contributed by atoms with Crippen molar-refractivity contribution in [2.75, 3.05) is 25.6 Å². The topological polar surface area (TPSA) is 114 Å². The number of carbonyl (C=O) groups is 3. The van der Waals surface area contributed by atoms with Gasteiger partial charge in [0, 0.05) is 24.3 Å². The van der Waals surface area contributed by atoms with Crippen LogP contribution in [0.25, 0.3) is 11.1 Å². The van der Waals surface area contributed by atoms with Crippen LogP contribution in [0, 0.1) is 0 Å². The van der Waals surface area contributed by atoms with E-state index in [9.17, 15) is 14.4 Å². The summed E-state index contributed by atoms with van der Waals surface area (Å²) in [4.78, 5) is 35.9. The third-order valence-electron chi connectivity index (χ3n) is 5.67. The highest BCUT2D eigenvalue weighted by Crippen LogP contribution is 2.44. The lowest BCUT2D eigenvalue weighted by atomic mass is 9.98. The van der Waals surface area contributed by atoms with Gasteiger partial charge in [0.15, 0.2) is 6.04 Å². The SMILES string of the molecule is COCC(NC(=O)c1ccc(NC(=O)OCC2c3ccccc3-c3ccccc32)cc1)C(=O)O. The molecule has 1 atom stereocenters. The Hall–Kier alpha value is -4.17. The van der Waals surface area contributed by atoms with Gasteiger partial charge in [0.2, 0.25) is 0 Å². The van der Waals surface area contributed by atoms with Crippen LogP contribution in [0.3, 0.4) is 0 Å². The van der Waals surface area contributed by atoms with Gasteiger partial charge in [-0.1, -0.05) is 48.5 Å². The van der Waals surface area contributed by atoms with E-state index in [-0.39, 0.29) is 24.7 Å². The predicted octanol–water partition coefficient (Wildman–Crippen LogP) is 3.88. The fourth-order valence-corrected chi connectivity index (χ4v) is 4.04. The molecule has 1 aliphatic rings. The van der Waals surface area contributed by atoms with Gasteiger partial charge in [0.25, 0.3) is 5.91 Å². The Labute approximate surface area is 196 Å². The van der Waals surface area contributed by atoms with E-state index in [1.54, 1.807) is 12.1 Å². The van der Waals surface area contributed by atoms with Gasteiger partial charge in [-0.2, -0.15) is 0 Å². The third kappa shape index (κ3) is 4.92. The first-order chi connectivity index (χ1) is 16.5. The number of fused-ring (bicyclic) bond motifs is 3. The molecule has 0 heterocycles. The van der Waals surface area contributed by atoms with Crippen LogP contribution >= 0.6 is 0 Å². The Bertz CT molecular complexity index is 1160. The Balaban J connectivity index is 1.35. The molecule has 0 fully saturated rings. The number of nitrogens with one attached hydrogen (secondary N) is 2. The van der Waals surface area contributed by atoms with Crippen LogP contribution in [-0.4, -0.2) is 49.4 Å². The first kappa shape index (κ1) is 23.0. The zero-order valence-electron chi connectivity index (χ0n) is 18.5. The number of ether oxygens (including phenoxy) is 2. The Morgan fingerprint density at radius 1 is 0.912 bits per heavy atom. The van der Waals surface area contributed by atoms with Gasteiger partial charge < -0.3 is 19.9 Å². The van der Waals surface area contributed by atoms with E-state index < -0.39 is 24.0 Å². The highest BCUT2D eigenvalue weighted by molar-refractivity contribution is 5.97. The number of carbonyl (C=O) groups excluding carboxylic acids is 2. The largest absolute Gasteiger partial charge is 0.480 e. The number of amides is 2. The molecule has 34 heavy (non-hydrogen) atoms. The molecule has 8 heteroatoms. The first-order valence-electron chi connectivity index (χ1n) is 10.7. The lowest BCUT2D eigenvalue weighted by molar-refractivity contribution is -0.140. The molecule has 3 aromatic carbocycles. The van der Waals surface area contributed by atoms with Crippen LogP contribution < -0.4 is 10.6 Å². The van der Waals surface area contributed by atoms with Gasteiger partial charge in [-0.25, -0.2) is 9.59 Å². The number of benzene rings is 3. The summed E-state index contributed by atoms with van der Waals surface area (Å²) in [7, 11) is 1.35. The van der Waals surface area contributed by atoms with E-state index in [0.717, 1.165) is 22.3 Å². The molecule has 0 spiro atoms. The molecule has 3 N–H and O–H groups in total. The van der Waals surface area contributed by atoms with E-state index in [1.165, 1.54) is 19.2 Å². The predicted molar refractivity (Wildman–Crippen MR) is 126 cm³/mol.